The van der Waals surface area contributed by atoms with Crippen molar-refractivity contribution < 1.29 is 0 Å². The Labute approximate surface area is 166 Å². The number of hydrogen-bond acceptors (Lipinski definition) is 5. The fourth-order valence-electron chi connectivity index (χ4n) is 3.10. The van der Waals surface area contributed by atoms with Crippen molar-refractivity contribution in [1.29, 1.82) is 0 Å². The minimum Gasteiger partial charge on any atom is -0.309 e. The zero-order chi connectivity index (χ0) is 19.0. The molecule has 138 valence electrons. The average Bonchev–Trinajstić information content (AvgIpc) is 3.32. The van der Waals surface area contributed by atoms with Crippen LogP contribution in [0.15, 0.2) is 52.0 Å². The van der Waals surface area contributed by atoms with Crippen molar-refractivity contribution in [3.63, 3.8) is 0 Å². The van der Waals surface area contributed by atoms with E-state index in [4.69, 9.17) is 4.98 Å². The summed E-state index contributed by atoms with van der Waals surface area (Å²) in [6.45, 7) is 4.96. The molecule has 0 bridgehead atoms. The molecule has 0 spiro atoms. The van der Waals surface area contributed by atoms with E-state index >= 15 is 0 Å². The fourth-order valence-corrected chi connectivity index (χ4v) is 4.87. The number of nitrogens with one attached hydrogen (secondary N) is 1. The Bertz CT molecular complexity index is 1110. The highest BCUT2D eigenvalue weighted by atomic mass is 32.1. The van der Waals surface area contributed by atoms with Crippen LogP contribution in [0.1, 0.15) is 29.9 Å². The molecule has 0 aliphatic heterocycles. The highest BCUT2D eigenvalue weighted by molar-refractivity contribution is 7.18. The number of nitrogens with zero attached hydrogens (tertiary/aromatic N) is 2. The van der Waals surface area contributed by atoms with E-state index in [0.717, 1.165) is 21.8 Å². The second-order valence-electron chi connectivity index (χ2n) is 6.83. The molecular formula is C21H21N3OS2. The Morgan fingerprint density at radius 3 is 2.67 bits per heavy atom. The second-order valence-corrected chi connectivity index (χ2v) is 8.64. The number of rotatable bonds is 5. The molecular weight excluding hydrogens is 374 g/mol. The van der Waals surface area contributed by atoms with Crippen molar-refractivity contribution in [1.82, 2.24) is 14.9 Å². The summed E-state index contributed by atoms with van der Waals surface area (Å²) in [6, 6.07) is 12.6. The summed E-state index contributed by atoms with van der Waals surface area (Å²) in [5.41, 5.74) is 3.42. The minimum atomic E-state index is -0.0600. The lowest BCUT2D eigenvalue weighted by molar-refractivity contribution is 0.244. The van der Waals surface area contributed by atoms with Gasteiger partial charge in [-0.05, 0) is 37.9 Å². The van der Waals surface area contributed by atoms with E-state index in [1.165, 1.54) is 22.5 Å². The van der Waals surface area contributed by atoms with Crippen LogP contribution in [0, 0.1) is 6.92 Å². The molecule has 1 atom stereocenters. The van der Waals surface area contributed by atoms with E-state index in [9.17, 15) is 4.79 Å². The number of thiophene rings is 2. The van der Waals surface area contributed by atoms with Crippen LogP contribution in [0.2, 0.25) is 0 Å². The molecule has 3 aromatic heterocycles. The molecule has 4 nitrogen and oxygen atoms in total. The first-order valence-corrected chi connectivity index (χ1v) is 10.6. The van der Waals surface area contributed by atoms with Gasteiger partial charge in [0.25, 0.3) is 5.56 Å². The molecule has 1 aromatic carbocycles. The van der Waals surface area contributed by atoms with Crippen LogP contribution in [-0.4, -0.2) is 21.9 Å². The first-order chi connectivity index (χ1) is 13.0. The normalized spacial score (nSPS) is 12.7. The van der Waals surface area contributed by atoms with Crippen molar-refractivity contribution >= 4 is 32.9 Å². The molecule has 6 heteroatoms. The van der Waals surface area contributed by atoms with E-state index in [-0.39, 0.29) is 11.6 Å². The molecule has 1 N–H and O–H groups in total. The zero-order valence-electron chi connectivity index (χ0n) is 15.5. The topological polar surface area (TPSA) is 49.0 Å². The summed E-state index contributed by atoms with van der Waals surface area (Å²) in [5, 5.41) is 4.75. The van der Waals surface area contributed by atoms with Gasteiger partial charge in [-0.2, -0.15) is 0 Å². The maximum Gasteiger partial charge on any atom is 0.260 e. The minimum absolute atomic E-state index is 0.00990. The van der Waals surface area contributed by atoms with Gasteiger partial charge >= 0.3 is 0 Å². The van der Waals surface area contributed by atoms with Gasteiger partial charge in [-0.3, -0.25) is 9.69 Å². The number of benzene rings is 1. The predicted octanol–water partition coefficient (Wildman–Crippen LogP) is 5.21. The largest absolute Gasteiger partial charge is 0.309 e. The van der Waals surface area contributed by atoms with Crippen LogP contribution in [0.5, 0.6) is 0 Å². The number of aromatic nitrogens is 2. The molecule has 3 heterocycles. The zero-order valence-corrected chi connectivity index (χ0v) is 17.2. The van der Waals surface area contributed by atoms with Crippen molar-refractivity contribution in [2.24, 2.45) is 0 Å². The molecule has 4 aromatic rings. The van der Waals surface area contributed by atoms with Crippen LogP contribution in [0.3, 0.4) is 0 Å². The van der Waals surface area contributed by atoms with Crippen LogP contribution in [0.4, 0.5) is 0 Å². The van der Waals surface area contributed by atoms with Gasteiger partial charge in [0.15, 0.2) is 0 Å². The molecule has 27 heavy (non-hydrogen) atoms. The fraction of sp³-hybridized carbons (Fsp3) is 0.238. The number of hydrogen-bond donors (Lipinski definition) is 1. The standard InChI is InChI=1S/C21H21N3OS2/c1-13-6-8-15(9-7-13)11-24(3)14(2)19-22-20(25)18-16(12-27-21(18)23-19)17-5-4-10-26-17/h4-10,12,14H,11H2,1-3H3,(H,22,23,25)/t14-/m1/s1. The van der Waals surface area contributed by atoms with E-state index < -0.39 is 0 Å². The maximum atomic E-state index is 12.8. The SMILES string of the molecule is Cc1ccc(CN(C)[C@H](C)c2nc3scc(-c4cccs4)c3c(=O)[nH]2)cc1. The Morgan fingerprint density at radius 2 is 1.96 bits per heavy atom. The molecule has 0 unspecified atom stereocenters. The third-order valence-corrected chi connectivity index (χ3v) is 6.63. The van der Waals surface area contributed by atoms with Crippen LogP contribution in [-0.2, 0) is 6.54 Å². The molecule has 0 aliphatic rings. The third-order valence-electron chi connectivity index (χ3n) is 4.86. The quantitative estimate of drug-likeness (QED) is 0.504. The summed E-state index contributed by atoms with van der Waals surface area (Å²) in [4.78, 5) is 24.7. The third kappa shape index (κ3) is 3.60. The molecule has 0 saturated heterocycles. The summed E-state index contributed by atoms with van der Waals surface area (Å²) < 4.78 is 0. The molecule has 0 fully saturated rings. The van der Waals surface area contributed by atoms with Crippen molar-refractivity contribution in [3.05, 3.63) is 74.5 Å². The Hall–Kier alpha value is -2.28. The van der Waals surface area contributed by atoms with E-state index in [1.54, 1.807) is 11.3 Å². The molecule has 0 saturated carbocycles. The number of fused-ring (bicyclic) bond motifs is 1. The van der Waals surface area contributed by atoms with Crippen LogP contribution in [0.25, 0.3) is 20.7 Å². The van der Waals surface area contributed by atoms with Gasteiger partial charge in [-0.1, -0.05) is 35.9 Å². The van der Waals surface area contributed by atoms with E-state index in [0.29, 0.717) is 11.2 Å². The van der Waals surface area contributed by atoms with Crippen molar-refractivity contribution in [2.75, 3.05) is 7.05 Å². The van der Waals surface area contributed by atoms with E-state index in [1.807, 2.05) is 22.9 Å². The van der Waals surface area contributed by atoms with E-state index in [2.05, 4.69) is 55.0 Å². The van der Waals surface area contributed by atoms with Crippen molar-refractivity contribution in [2.45, 2.75) is 26.4 Å². The predicted molar refractivity (Wildman–Crippen MR) is 115 cm³/mol. The highest BCUT2D eigenvalue weighted by Gasteiger charge is 2.19. The average molecular weight is 396 g/mol. The maximum absolute atomic E-state index is 12.8. The first kappa shape index (κ1) is 18.1. The highest BCUT2D eigenvalue weighted by Crippen LogP contribution is 2.34. The Kier molecular flexibility index (Phi) is 4.95. The lowest BCUT2D eigenvalue weighted by atomic mass is 10.1. The smallest absolute Gasteiger partial charge is 0.260 e. The van der Waals surface area contributed by atoms with Crippen LogP contribution >= 0.6 is 22.7 Å². The lowest BCUT2D eigenvalue weighted by Gasteiger charge is -2.24. The summed E-state index contributed by atoms with van der Waals surface area (Å²) >= 11 is 3.17. The van der Waals surface area contributed by atoms with Crippen molar-refractivity contribution in [3.8, 4) is 10.4 Å². The number of aryl methyl sites for hydroxylation is 1. The lowest BCUT2D eigenvalue weighted by Crippen LogP contribution is -2.25. The molecule has 0 radical (unpaired) electrons. The summed E-state index contributed by atoms with van der Waals surface area (Å²) in [7, 11) is 2.06. The summed E-state index contributed by atoms with van der Waals surface area (Å²) in [6.07, 6.45) is 0. The van der Waals surface area contributed by atoms with Gasteiger partial charge in [0.1, 0.15) is 10.7 Å². The van der Waals surface area contributed by atoms with Gasteiger partial charge in [-0.15, -0.1) is 22.7 Å². The molecule has 0 aliphatic carbocycles. The van der Waals surface area contributed by atoms with Gasteiger partial charge in [0, 0.05) is 22.4 Å². The van der Waals surface area contributed by atoms with Gasteiger partial charge in [0.05, 0.1) is 11.4 Å². The van der Waals surface area contributed by atoms with Gasteiger partial charge < -0.3 is 4.98 Å². The summed E-state index contributed by atoms with van der Waals surface area (Å²) in [5.74, 6) is 0.710. The van der Waals surface area contributed by atoms with Gasteiger partial charge in [0.2, 0.25) is 0 Å². The Balaban J connectivity index is 1.63. The molecule has 0 amide bonds. The number of H-pyrrole nitrogens is 1. The first-order valence-electron chi connectivity index (χ1n) is 8.84. The Morgan fingerprint density at radius 1 is 1.19 bits per heavy atom. The second kappa shape index (κ2) is 7.38. The number of aromatic amines is 1. The van der Waals surface area contributed by atoms with Crippen LogP contribution < -0.4 is 5.56 Å². The monoisotopic (exact) mass is 395 g/mol. The van der Waals surface area contributed by atoms with Gasteiger partial charge in [-0.25, -0.2) is 4.98 Å². The molecule has 4 rings (SSSR count).